The molecule has 0 aliphatic rings. The summed E-state index contributed by atoms with van der Waals surface area (Å²) >= 11 is 0. The zero-order valence-electron chi connectivity index (χ0n) is 16.8. The normalized spacial score (nSPS) is 12.7. The molecule has 27 heavy (non-hydrogen) atoms. The predicted molar refractivity (Wildman–Crippen MR) is 107 cm³/mol. The number of benzene rings is 1. The highest BCUT2D eigenvalue weighted by Gasteiger charge is 2.11. The van der Waals surface area contributed by atoms with Crippen molar-refractivity contribution in [2.75, 3.05) is 20.1 Å². The third-order valence-electron chi connectivity index (χ3n) is 4.60. The van der Waals surface area contributed by atoms with E-state index in [0.717, 1.165) is 31.0 Å². The number of nitrogens with zero attached hydrogens (tertiary/aromatic N) is 3. The summed E-state index contributed by atoms with van der Waals surface area (Å²) < 4.78 is 21.1. The zero-order valence-corrected chi connectivity index (χ0v) is 16.8. The zero-order chi connectivity index (χ0) is 19.8. The van der Waals surface area contributed by atoms with Crippen molar-refractivity contribution in [1.29, 1.82) is 0 Å². The molecule has 7 heteroatoms. The molecule has 2 rings (SSSR count). The Balaban J connectivity index is 1.81. The number of guanidine groups is 1. The number of nitrogens with one attached hydrogen (secondary N) is 2. The van der Waals surface area contributed by atoms with E-state index in [-0.39, 0.29) is 11.9 Å². The summed E-state index contributed by atoms with van der Waals surface area (Å²) in [6, 6.07) is 6.21. The first kappa shape index (κ1) is 20.7. The molecular weight excluding hydrogens is 345 g/mol. The van der Waals surface area contributed by atoms with E-state index in [9.17, 15) is 4.39 Å². The van der Waals surface area contributed by atoms with E-state index in [1.807, 2.05) is 25.6 Å². The lowest BCUT2D eigenvalue weighted by Gasteiger charge is -2.20. The highest BCUT2D eigenvalue weighted by Crippen LogP contribution is 2.15. The molecule has 0 saturated heterocycles. The van der Waals surface area contributed by atoms with Crippen LogP contribution in [0.1, 0.15) is 30.3 Å². The summed E-state index contributed by atoms with van der Waals surface area (Å²) in [5.74, 6) is 0.957. The van der Waals surface area contributed by atoms with E-state index in [0.29, 0.717) is 12.3 Å². The van der Waals surface area contributed by atoms with Crippen molar-refractivity contribution in [3.8, 4) is 5.75 Å². The Hall–Kier alpha value is -2.57. The van der Waals surface area contributed by atoms with Gasteiger partial charge in [0.25, 0.3) is 0 Å². The van der Waals surface area contributed by atoms with E-state index in [4.69, 9.17) is 4.74 Å². The molecule has 2 N–H and O–H groups in total. The Bertz CT molecular complexity index is 772. The van der Waals surface area contributed by atoms with Crippen LogP contribution in [0, 0.1) is 19.7 Å². The summed E-state index contributed by atoms with van der Waals surface area (Å²) in [7, 11) is 3.70. The lowest BCUT2D eigenvalue weighted by Crippen LogP contribution is -2.43. The maximum Gasteiger partial charge on any atom is 0.191 e. The number of hydrogen-bond acceptors (Lipinski definition) is 3. The minimum Gasteiger partial charge on any atom is -0.489 e. The molecular formula is C20H30FN5O. The molecule has 0 spiro atoms. The molecule has 1 aromatic carbocycles. The van der Waals surface area contributed by atoms with Gasteiger partial charge in [0.15, 0.2) is 5.96 Å². The van der Waals surface area contributed by atoms with Crippen LogP contribution in [0.4, 0.5) is 4.39 Å². The number of aryl methyl sites for hydroxylation is 2. The van der Waals surface area contributed by atoms with Crippen LogP contribution < -0.4 is 15.4 Å². The van der Waals surface area contributed by atoms with E-state index >= 15 is 0 Å². The number of halogens is 1. The SMILES string of the molecule is CCC(CNC(=NC)NCCc1c(C)nn(C)c1C)Oc1cccc(F)c1. The maximum absolute atomic E-state index is 13.3. The highest BCUT2D eigenvalue weighted by atomic mass is 19.1. The average Bonchev–Trinajstić information content (AvgIpc) is 2.89. The largest absolute Gasteiger partial charge is 0.489 e. The number of hydrogen-bond donors (Lipinski definition) is 2. The molecule has 1 atom stereocenters. The van der Waals surface area contributed by atoms with Gasteiger partial charge < -0.3 is 15.4 Å². The van der Waals surface area contributed by atoms with E-state index in [1.54, 1.807) is 19.2 Å². The van der Waals surface area contributed by atoms with Crippen LogP contribution in [0.25, 0.3) is 0 Å². The Labute approximate surface area is 160 Å². The van der Waals surface area contributed by atoms with Crippen molar-refractivity contribution >= 4 is 5.96 Å². The summed E-state index contributed by atoms with van der Waals surface area (Å²) in [5, 5.41) is 11.0. The van der Waals surface area contributed by atoms with Crippen LogP contribution in [-0.4, -0.2) is 42.0 Å². The Morgan fingerprint density at radius 1 is 1.33 bits per heavy atom. The number of rotatable bonds is 8. The molecule has 0 aliphatic carbocycles. The van der Waals surface area contributed by atoms with E-state index in [2.05, 4.69) is 27.6 Å². The molecule has 1 heterocycles. The molecule has 0 aliphatic heterocycles. The minimum absolute atomic E-state index is 0.0758. The fourth-order valence-corrected chi connectivity index (χ4v) is 2.92. The van der Waals surface area contributed by atoms with Crippen molar-refractivity contribution in [3.63, 3.8) is 0 Å². The van der Waals surface area contributed by atoms with Gasteiger partial charge in [-0.2, -0.15) is 5.10 Å². The summed E-state index contributed by atoms with van der Waals surface area (Å²) in [6.07, 6.45) is 1.60. The molecule has 0 amide bonds. The smallest absolute Gasteiger partial charge is 0.191 e. The monoisotopic (exact) mass is 375 g/mol. The topological polar surface area (TPSA) is 63.5 Å². The van der Waals surface area contributed by atoms with Gasteiger partial charge in [-0.25, -0.2) is 4.39 Å². The van der Waals surface area contributed by atoms with Gasteiger partial charge in [0.2, 0.25) is 0 Å². The summed E-state index contributed by atoms with van der Waals surface area (Å²) in [4.78, 5) is 4.25. The lowest BCUT2D eigenvalue weighted by molar-refractivity contribution is 0.199. The second-order valence-electron chi connectivity index (χ2n) is 6.51. The quantitative estimate of drug-likeness (QED) is 0.550. The molecule has 148 valence electrons. The number of aliphatic imine (C=N–C) groups is 1. The van der Waals surface area contributed by atoms with Gasteiger partial charge in [-0.15, -0.1) is 0 Å². The number of ether oxygens (including phenoxy) is 1. The van der Waals surface area contributed by atoms with Crippen molar-refractivity contribution < 1.29 is 9.13 Å². The molecule has 0 radical (unpaired) electrons. The van der Waals surface area contributed by atoms with Crippen LogP contribution in [0.5, 0.6) is 5.75 Å². The third kappa shape index (κ3) is 5.98. The molecule has 2 aromatic rings. The first-order chi connectivity index (χ1) is 12.9. The predicted octanol–water partition coefficient (Wildman–Crippen LogP) is 2.74. The van der Waals surface area contributed by atoms with Crippen LogP contribution >= 0.6 is 0 Å². The van der Waals surface area contributed by atoms with E-state index < -0.39 is 0 Å². The van der Waals surface area contributed by atoms with Crippen LogP contribution in [-0.2, 0) is 13.5 Å². The van der Waals surface area contributed by atoms with Gasteiger partial charge in [0, 0.05) is 32.4 Å². The summed E-state index contributed by atoms with van der Waals surface area (Å²) in [6.45, 7) is 7.49. The number of aromatic nitrogens is 2. The van der Waals surface area contributed by atoms with Crippen molar-refractivity contribution in [2.45, 2.75) is 39.7 Å². The van der Waals surface area contributed by atoms with Crippen LogP contribution in [0.2, 0.25) is 0 Å². The Morgan fingerprint density at radius 2 is 2.11 bits per heavy atom. The van der Waals surface area contributed by atoms with E-state index in [1.165, 1.54) is 23.4 Å². The summed E-state index contributed by atoms with van der Waals surface area (Å²) in [5.41, 5.74) is 3.52. The molecule has 0 saturated carbocycles. The standard InChI is InChI=1S/C20H30FN5O/c1-6-17(27-18-9-7-8-16(21)12-18)13-24-20(22-4)23-11-10-19-14(2)25-26(5)15(19)3/h7-9,12,17H,6,10-11,13H2,1-5H3,(H2,22,23,24). The van der Waals surface area contributed by atoms with Gasteiger partial charge in [0.1, 0.15) is 17.7 Å². The van der Waals surface area contributed by atoms with Crippen molar-refractivity contribution in [3.05, 3.63) is 47.0 Å². The lowest BCUT2D eigenvalue weighted by atomic mass is 10.1. The highest BCUT2D eigenvalue weighted by molar-refractivity contribution is 5.79. The fourth-order valence-electron chi connectivity index (χ4n) is 2.92. The average molecular weight is 375 g/mol. The second-order valence-corrected chi connectivity index (χ2v) is 6.51. The first-order valence-electron chi connectivity index (χ1n) is 9.30. The van der Waals surface area contributed by atoms with Gasteiger partial charge in [0.05, 0.1) is 12.2 Å². The molecule has 1 aromatic heterocycles. The first-order valence-corrected chi connectivity index (χ1v) is 9.30. The van der Waals surface area contributed by atoms with Crippen LogP contribution in [0.3, 0.4) is 0 Å². The van der Waals surface area contributed by atoms with Crippen molar-refractivity contribution in [1.82, 2.24) is 20.4 Å². The maximum atomic E-state index is 13.3. The third-order valence-corrected chi connectivity index (χ3v) is 4.60. The van der Waals surface area contributed by atoms with Crippen molar-refractivity contribution in [2.24, 2.45) is 12.0 Å². The van der Waals surface area contributed by atoms with Gasteiger partial charge >= 0.3 is 0 Å². The second kappa shape index (κ2) is 9.94. The molecule has 0 bridgehead atoms. The van der Waals surface area contributed by atoms with Gasteiger partial charge in [-0.05, 0) is 44.4 Å². The molecule has 0 fully saturated rings. The van der Waals surface area contributed by atoms with Gasteiger partial charge in [-0.1, -0.05) is 13.0 Å². The Kier molecular flexibility index (Phi) is 7.64. The molecule has 1 unspecified atom stereocenters. The van der Waals surface area contributed by atoms with Gasteiger partial charge in [-0.3, -0.25) is 9.67 Å². The molecule has 6 nitrogen and oxygen atoms in total. The Morgan fingerprint density at radius 3 is 2.70 bits per heavy atom. The fraction of sp³-hybridized carbons (Fsp3) is 0.500. The minimum atomic E-state index is -0.297. The van der Waals surface area contributed by atoms with Crippen LogP contribution in [0.15, 0.2) is 29.3 Å².